The van der Waals surface area contributed by atoms with Gasteiger partial charge in [-0.2, -0.15) is 0 Å². The molecule has 1 saturated heterocycles. The summed E-state index contributed by atoms with van der Waals surface area (Å²) in [5, 5.41) is 12.3. The number of nitrogens with zero attached hydrogens (tertiary/aromatic N) is 1. The number of thioether (sulfide) groups is 1. The van der Waals surface area contributed by atoms with Crippen molar-refractivity contribution in [2.24, 2.45) is 11.7 Å². The number of urea groups is 1. The minimum Gasteiger partial charge on any atom is -0.496 e. The van der Waals surface area contributed by atoms with Crippen LogP contribution in [0.15, 0.2) is 11.6 Å². The highest BCUT2D eigenvalue weighted by Crippen LogP contribution is 2.41. The van der Waals surface area contributed by atoms with Crippen molar-refractivity contribution in [2.45, 2.75) is 39.7 Å². The molecule has 0 radical (unpaired) electrons. The predicted octanol–water partition coefficient (Wildman–Crippen LogP) is 3.14. The number of methoxy groups -OCH3 is 1. The Kier molecular flexibility index (Phi) is 8.25. The third-order valence-electron chi connectivity index (χ3n) is 6.12. The molecule has 1 aromatic rings. The maximum Gasteiger partial charge on any atom is 0.341 e. The Morgan fingerprint density at radius 2 is 2.18 bits per heavy atom. The molecule has 3 rings (SSSR count). The van der Waals surface area contributed by atoms with Gasteiger partial charge in [-0.15, -0.1) is 11.8 Å². The highest BCUT2D eigenvalue weighted by molar-refractivity contribution is 7.99. The summed E-state index contributed by atoms with van der Waals surface area (Å²) in [5.41, 5.74) is 8.89. The summed E-state index contributed by atoms with van der Waals surface area (Å²) in [6, 6.07) is -0.796. The maximum atomic E-state index is 12.4. The first kappa shape index (κ1) is 24.9. The van der Waals surface area contributed by atoms with Gasteiger partial charge < -0.3 is 25.6 Å². The summed E-state index contributed by atoms with van der Waals surface area (Å²) < 4.78 is 10.8. The van der Waals surface area contributed by atoms with Gasteiger partial charge in [0.2, 0.25) is 0 Å². The summed E-state index contributed by atoms with van der Waals surface area (Å²) in [6.45, 7) is 5.61. The third kappa shape index (κ3) is 5.80. The Balaban J connectivity index is 1.84. The summed E-state index contributed by atoms with van der Waals surface area (Å²) in [6.07, 6.45) is 3.25. The number of primary amides is 1. The molecule has 33 heavy (non-hydrogen) atoms. The fourth-order valence-electron chi connectivity index (χ4n) is 4.34. The van der Waals surface area contributed by atoms with Gasteiger partial charge in [-0.3, -0.25) is 9.69 Å². The van der Waals surface area contributed by atoms with Gasteiger partial charge >= 0.3 is 18.0 Å². The van der Waals surface area contributed by atoms with Gasteiger partial charge in [0, 0.05) is 29.3 Å². The number of hydrogen-bond donors (Lipinski definition) is 3. The summed E-state index contributed by atoms with van der Waals surface area (Å²) in [5.74, 6) is 0.784. The number of fused-ring (bicyclic) bond motifs is 1. The summed E-state index contributed by atoms with van der Waals surface area (Å²) in [4.78, 5) is 38.1. The fourth-order valence-corrected chi connectivity index (χ4v) is 5.37. The first-order valence-electron chi connectivity index (χ1n) is 10.9. The average molecular weight is 478 g/mol. The monoisotopic (exact) mass is 477 g/mol. The van der Waals surface area contributed by atoms with Crippen LogP contribution in [0.2, 0.25) is 0 Å². The second kappa shape index (κ2) is 10.9. The van der Waals surface area contributed by atoms with E-state index >= 15 is 0 Å². The lowest BCUT2D eigenvalue weighted by Gasteiger charge is -2.20. The Labute approximate surface area is 197 Å². The molecule has 10 heteroatoms. The van der Waals surface area contributed by atoms with Crippen molar-refractivity contribution in [3.05, 3.63) is 33.9 Å². The first-order valence-corrected chi connectivity index (χ1v) is 12.0. The standard InChI is InChI=1S/C23H31N3O6S/c1-13(10-15(21(27)28)6-7-26-8-9-33-12-26)4-5-16-19(25-23(24)30)18-17(11-32-22(18)29)14(2)20(16)31-3/h4,15H,5-12H2,1-3H3,(H,27,28)(H3,24,25,30)/b13-4+. The molecule has 180 valence electrons. The molecule has 2 aliphatic heterocycles. The number of hydrogen-bond acceptors (Lipinski definition) is 7. The van der Waals surface area contributed by atoms with Crippen LogP contribution in [0.1, 0.15) is 46.8 Å². The molecule has 2 heterocycles. The number of esters is 1. The van der Waals surface area contributed by atoms with Gasteiger partial charge in [-0.05, 0) is 45.2 Å². The number of nitrogens with two attached hydrogens (primary N) is 1. The number of allylic oxidation sites excluding steroid dienone is 2. The SMILES string of the molecule is COc1c(C)c2c(c(NC(N)=O)c1C/C=C(\C)CC(CCN1CCSC1)C(=O)O)C(=O)OC2. The van der Waals surface area contributed by atoms with Gasteiger partial charge in [-0.1, -0.05) is 11.6 Å². The van der Waals surface area contributed by atoms with Gasteiger partial charge in [0.05, 0.1) is 24.3 Å². The maximum absolute atomic E-state index is 12.4. The van der Waals surface area contributed by atoms with E-state index in [-0.39, 0.29) is 12.3 Å². The Hall–Kier alpha value is -2.72. The summed E-state index contributed by atoms with van der Waals surface area (Å²) >= 11 is 1.86. The zero-order valence-electron chi connectivity index (χ0n) is 19.2. The van der Waals surface area contributed by atoms with Gasteiger partial charge in [-0.25, -0.2) is 9.59 Å². The smallest absolute Gasteiger partial charge is 0.341 e. The number of rotatable bonds is 10. The third-order valence-corrected chi connectivity index (χ3v) is 7.14. The summed E-state index contributed by atoms with van der Waals surface area (Å²) in [7, 11) is 1.53. The van der Waals surface area contributed by atoms with Gasteiger partial charge in [0.1, 0.15) is 12.4 Å². The number of carbonyl (C=O) groups is 3. The zero-order valence-corrected chi connectivity index (χ0v) is 20.0. The molecule has 0 spiro atoms. The molecule has 0 aromatic heterocycles. The fraction of sp³-hybridized carbons (Fsp3) is 0.522. The lowest BCUT2D eigenvalue weighted by molar-refractivity contribution is -0.142. The van der Waals surface area contributed by atoms with Gasteiger partial charge in [0.15, 0.2) is 0 Å². The van der Waals surface area contributed by atoms with E-state index in [2.05, 4.69) is 10.2 Å². The van der Waals surface area contributed by atoms with E-state index in [1.807, 2.05) is 31.7 Å². The molecule has 1 unspecified atom stereocenters. The lowest BCUT2D eigenvalue weighted by atomic mass is 9.92. The molecule has 9 nitrogen and oxygen atoms in total. The van der Waals surface area contributed by atoms with Crippen molar-refractivity contribution in [1.82, 2.24) is 4.90 Å². The van der Waals surface area contributed by atoms with Crippen LogP contribution in [0.5, 0.6) is 5.75 Å². The second-order valence-corrected chi connectivity index (χ2v) is 9.44. The van der Waals surface area contributed by atoms with E-state index in [0.29, 0.717) is 41.7 Å². The number of aliphatic carboxylic acids is 1. The number of carbonyl (C=O) groups excluding carboxylic acids is 2. The van der Waals surface area contributed by atoms with Crippen LogP contribution in [-0.2, 0) is 22.6 Å². The first-order chi connectivity index (χ1) is 15.7. The number of anilines is 1. The van der Waals surface area contributed by atoms with E-state index in [4.69, 9.17) is 15.2 Å². The number of amides is 2. The topological polar surface area (TPSA) is 131 Å². The molecule has 1 atom stereocenters. The molecule has 1 aromatic carbocycles. The second-order valence-electron chi connectivity index (χ2n) is 8.37. The van der Waals surface area contributed by atoms with Crippen LogP contribution in [0, 0.1) is 12.8 Å². The molecule has 4 N–H and O–H groups in total. The molecule has 0 bridgehead atoms. The van der Waals surface area contributed by atoms with Crippen LogP contribution in [0.25, 0.3) is 0 Å². The number of nitrogens with one attached hydrogen (secondary N) is 1. The molecular weight excluding hydrogens is 446 g/mol. The van der Waals surface area contributed by atoms with Crippen LogP contribution < -0.4 is 15.8 Å². The quantitative estimate of drug-likeness (QED) is 0.346. The van der Waals surface area contributed by atoms with Crippen LogP contribution in [-0.4, -0.2) is 59.8 Å². The number of carboxylic acid groups (broad SMARTS) is 1. The van der Waals surface area contributed by atoms with Crippen LogP contribution >= 0.6 is 11.8 Å². The van der Waals surface area contributed by atoms with E-state index < -0.39 is 23.9 Å². The Bertz CT molecular complexity index is 972. The highest BCUT2D eigenvalue weighted by Gasteiger charge is 2.32. The minimum absolute atomic E-state index is 0.106. The van der Waals surface area contributed by atoms with Crippen LogP contribution in [0.4, 0.5) is 10.5 Å². The van der Waals surface area contributed by atoms with Crippen molar-refractivity contribution in [3.63, 3.8) is 0 Å². The van der Waals surface area contributed by atoms with Crippen LogP contribution in [0.3, 0.4) is 0 Å². The normalized spacial score (nSPS) is 16.9. The Morgan fingerprint density at radius 3 is 2.79 bits per heavy atom. The molecular formula is C23H31N3O6S. The van der Waals surface area contributed by atoms with E-state index in [1.165, 1.54) is 7.11 Å². The van der Waals surface area contributed by atoms with Crippen molar-refractivity contribution >= 4 is 35.4 Å². The highest BCUT2D eigenvalue weighted by atomic mass is 32.2. The average Bonchev–Trinajstić information content (AvgIpc) is 3.41. The van der Waals surface area contributed by atoms with Crippen molar-refractivity contribution in [3.8, 4) is 5.75 Å². The largest absolute Gasteiger partial charge is 0.496 e. The predicted molar refractivity (Wildman–Crippen MR) is 127 cm³/mol. The number of ether oxygens (including phenoxy) is 2. The molecule has 2 aliphatic rings. The molecule has 1 fully saturated rings. The minimum atomic E-state index is -0.806. The van der Waals surface area contributed by atoms with E-state index in [9.17, 15) is 19.5 Å². The van der Waals surface area contributed by atoms with Gasteiger partial charge in [0.25, 0.3) is 0 Å². The van der Waals surface area contributed by atoms with E-state index in [1.54, 1.807) is 0 Å². The molecule has 0 saturated carbocycles. The van der Waals surface area contributed by atoms with E-state index in [0.717, 1.165) is 35.9 Å². The van der Waals surface area contributed by atoms with Crippen molar-refractivity contribution in [1.29, 1.82) is 0 Å². The number of carboxylic acids is 1. The Morgan fingerprint density at radius 1 is 1.42 bits per heavy atom. The number of cyclic esters (lactones) is 1. The van der Waals surface area contributed by atoms with Crippen molar-refractivity contribution in [2.75, 3.05) is 37.1 Å². The molecule has 2 amide bonds. The van der Waals surface area contributed by atoms with Crippen molar-refractivity contribution < 1.29 is 29.0 Å². The number of benzene rings is 1. The zero-order chi connectivity index (χ0) is 24.1. The molecule has 0 aliphatic carbocycles. The lowest BCUT2D eigenvalue weighted by Crippen LogP contribution is -2.25.